The fraction of sp³-hybridized carbons (Fsp3) is 0.143. The summed E-state index contributed by atoms with van der Waals surface area (Å²) < 4.78 is 6.46. The van der Waals surface area contributed by atoms with E-state index in [-0.39, 0.29) is 11.0 Å². The van der Waals surface area contributed by atoms with Gasteiger partial charge in [0.15, 0.2) is 12.0 Å². The summed E-state index contributed by atoms with van der Waals surface area (Å²) in [5.41, 5.74) is 3.81. The number of aliphatic imine (C=N–C) groups is 1. The zero-order valence-corrected chi connectivity index (χ0v) is 16.2. The molecule has 1 N–H and O–H groups in total. The van der Waals surface area contributed by atoms with E-state index in [0.717, 1.165) is 38.9 Å². The van der Waals surface area contributed by atoms with Crippen LogP contribution in [-0.4, -0.2) is 36.0 Å². The van der Waals surface area contributed by atoms with Crippen LogP contribution in [0.1, 0.15) is 5.56 Å². The lowest BCUT2D eigenvalue weighted by atomic mass is 10.1. The summed E-state index contributed by atoms with van der Waals surface area (Å²) in [6.07, 6.45) is 3.81. The number of nitrogens with one attached hydrogen (secondary N) is 1. The van der Waals surface area contributed by atoms with Gasteiger partial charge in [0.25, 0.3) is 0 Å². The number of methoxy groups -OCH3 is 1. The second kappa shape index (κ2) is 6.38. The third kappa shape index (κ3) is 2.55. The second-order valence-corrected chi connectivity index (χ2v) is 7.67. The molecule has 2 aliphatic rings. The van der Waals surface area contributed by atoms with E-state index in [0.29, 0.717) is 0 Å². The fourth-order valence-corrected chi connectivity index (χ4v) is 4.49. The Bertz CT molecular complexity index is 1210. The summed E-state index contributed by atoms with van der Waals surface area (Å²) >= 11 is 1.22. The lowest BCUT2D eigenvalue weighted by molar-refractivity contribution is 0.152. The van der Waals surface area contributed by atoms with Crippen LogP contribution in [0, 0.1) is 0 Å². The van der Waals surface area contributed by atoms with E-state index < -0.39 is 0 Å². The van der Waals surface area contributed by atoms with E-state index in [4.69, 9.17) is 9.73 Å². The number of H-pyrrole nitrogens is 1. The number of aromatic nitrogens is 1. The maximum Gasteiger partial charge on any atom is 0.305 e. The smallest absolute Gasteiger partial charge is 0.305 e. The van der Waals surface area contributed by atoms with Gasteiger partial charge in [-0.15, -0.1) is 0 Å². The number of amidine groups is 1. The Hall–Kier alpha value is -3.32. The minimum Gasteiger partial charge on any atom is -0.482 e. The molecule has 3 heterocycles. The van der Waals surface area contributed by atoms with E-state index in [9.17, 15) is 4.79 Å². The number of ether oxygens (including phenoxy) is 1. The van der Waals surface area contributed by atoms with E-state index in [1.165, 1.54) is 11.3 Å². The van der Waals surface area contributed by atoms with Crippen molar-refractivity contribution in [2.75, 3.05) is 19.1 Å². The molecule has 6 nitrogen and oxygen atoms in total. The van der Waals surface area contributed by atoms with E-state index >= 15 is 0 Å². The molecule has 2 aromatic carbocycles. The monoisotopic (exact) mass is 390 g/mol. The Morgan fingerprint density at radius 1 is 1.14 bits per heavy atom. The quantitative estimate of drug-likeness (QED) is 0.744. The topological polar surface area (TPSA) is 60.9 Å². The third-order valence-corrected chi connectivity index (χ3v) is 5.85. The Kier molecular flexibility index (Phi) is 3.84. The highest BCUT2D eigenvalue weighted by atomic mass is 32.1. The number of allylic oxidation sites excluding steroid dienone is 2. The maximum atomic E-state index is 11.8. The number of benzene rings is 2. The number of fused-ring (bicyclic) bond motifs is 2. The van der Waals surface area contributed by atoms with Crippen LogP contribution in [-0.2, 0) is 4.74 Å². The highest BCUT2D eigenvalue weighted by Gasteiger charge is 2.39. The van der Waals surface area contributed by atoms with Gasteiger partial charge in [0.1, 0.15) is 5.84 Å². The number of rotatable bonds is 3. The molecule has 3 aromatic rings. The average Bonchev–Trinajstić information content (AvgIpc) is 3.28. The van der Waals surface area contributed by atoms with Crippen molar-refractivity contribution in [3.05, 3.63) is 87.5 Å². The van der Waals surface area contributed by atoms with Crippen molar-refractivity contribution in [3.8, 4) is 0 Å². The first-order valence-corrected chi connectivity index (χ1v) is 9.72. The normalized spacial score (nSPS) is 18.6. The van der Waals surface area contributed by atoms with Crippen LogP contribution >= 0.6 is 11.3 Å². The van der Waals surface area contributed by atoms with Gasteiger partial charge in [-0.25, -0.2) is 4.99 Å². The molecular weight excluding hydrogens is 372 g/mol. The second-order valence-electron chi connectivity index (χ2n) is 6.65. The fourth-order valence-electron chi connectivity index (χ4n) is 3.72. The zero-order chi connectivity index (χ0) is 19.3. The first kappa shape index (κ1) is 16.8. The van der Waals surface area contributed by atoms with E-state index in [1.807, 2.05) is 55.6 Å². The minimum absolute atomic E-state index is 0.0505. The van der Waals surface area contributed by atoms with Gasteiger partial charge in [-0.1, -0.05) is 41.7 Å². The van der Waals surface area contributed by atoms with Gasteiger partial charge in [-0.05, 0) is 24.3 Å². The predicted octanol–water partition coefficient (Wildman–Crippen LogP) is 3.50. The number of thiazole rings is 1. The summed E-state index contributed by atoms with van der Waals surface area (Å²) in [6, 6.07) is 16.1. The largest absolute Gasteiger partial charge is 0.482 e. The molecule has 2 aliphatic heterocycles. The molecule has 1 unspecified atom stereocenters. The van der Waals surface area contributed by atoms with E-state index in [2.05, 4.69) is 26.9 Å². The van der Waals surface area contributed by atoms with Gasteiger partial charge in [0.05, 0.1) is 23.0 Å². The minimum atomic E-state index is -0.122. The van der Waals surface area contributed by atoms with Crippen molar-refractivity contribution in [1.29, 1.82) is 0 Å². The summed E-state index contributed by atoms with van der Waals surface area (Å²) in [6.45, 7) is 0. The van der Waals surface area contributed by atoms with Gasteiger partial charge in [-0.2, -0.15) is 0 Å². The molecular formula is C21H18N4O2S. The molecule has 0 saturated carbocycles. The van der Waals surface area contributed by atoms with Gasteiger partial charge >= 0.3 is 4.87 Å². The van der Waals surface area contributed by atoms with Crippen LogP contribution < -0.4 is 9.77 Å². The number of likely N-dealkylation sites (N-methyl/N-ethyl adjacent to an activating group) is 1. The van der Waals surface area contributed by atoms with Gasteiger partial charge in [0, 0.05) is 24.4 Å². The number of aromatic amines is 1. The summed E-state index contributed by atoms with van der Waals surface area (Å²) in [7, 11) is 3.67. The Morgan fingerprint density at radius 3 is 2.75 bits per heavy atom. The predicted molar refractivity (Wildman–Crippen MR) is 113 cm³/mol. The van der Waals surface area contributed by atoms with Crippen LogP contribution in [0.5, 0.6) is 0 Å². The highest BCUT2D eigenvalue weighted by Crippen LogP contribution is 2.36. The molecule has 0 aliphatic carbocycles. The van der Waals surface area contributed by atoms with Crippen molar-refractivity contribution < 1.29 is 4.74 Å². The summed E-state index contributed by atoms with van der Waals surface area (Å²) in [5.74, 6) is 1.65. The van der Waals surface area contributed by atoms with E-state index in [1.54, 1.807) is 7.11 Å². The molecule has 1 aromatic heterocycles. The first-order chi connectivity index (χ1) is 13.7. The van der Waals surface area contributed by atoms with Crippen LogP contribution in [0.3, 0.4) is 0 Å². The molecule has 5 rings (SSSR count). The number of hydrogen-bond donors (Lipinski definition) is 1. The number of anilines is 1. The molecule has 0 saturated heterocycles. The van der Waals surface area contributed by atoms with Gasteiger partial charge in [0.2, 0.25) is 0 Å². The standard InChI is InChI=1S/C21H18N4O2S/c1-24-18(27-2)11-10-16-20(24)25(19(22-16)13-6-4-3-5-7-13)14-8-9-15-17(12-14)28-21(26)23-15/h3-12,20H,1-2H3,(H,23,26). The van der Waals surface area contributed by atoms with Gasteiger partial charge in [-0.3, -0.25) is 9.69 Å². The third-order valence-electron chi connectivity index (χ3n) is 5.01. The zero-order valence-electron chi connectivity index (χ0n) is 15.4. The van der Waals surface area contributed by atoms with Crippen LogP contribution in [0.15, 0.2) is 82.1 Å². The van der Waals surface area contributed by atoms with Crippen molar-refractivity contribution in [2.24, 2.45) is 4.99 Å². The molecule has 0 amide bonds. The van der Waals surface area contributed by atoms with Crippen molar-refractivity contribution in [3.63, 3.8) is 0 Å². The van der Waals surface area contributed by atoms with Gasteiger partial charge < -0.3 is 14.6 Å². The number of hydrogen-bond acceptors (Lipinski definition) is 6. The Morgan fingerprint density at radius 2 is 1.96 bits per heavy atom. The summed E-state index contributed by atoms with van der Waals surface area (Å²) in [5, 5.41) is 0. The maximum absolute atomic E-state index is 11.8. The molecule has 0 fully saturated rings. The lowest BCUT2D eigenvalue weighted by Crippen LogP contribution is -2.47. The molecule has 0 spiro atoms. The van der Waals surface area contributed by atoms with Crippen LogP contribution in [0.4, 0.5) is 5.69 Å². The van der Waals surface area contributed by atoms with Crippen molar-refractivity contribution >= 4 is 33.1 Å². The molecule has 0 radical (unpaired) electrons. The SMILES string of the molecule is COC1=CC=C2N=C(c3ccccc3)N(c3ccc4[nH]c(=O)sc4c3)C2N1C. The van der Waals surface area contributed by atoms with Crippen LogP contribution in [0.25, 0.3) is 10.2 Å². The Balaban J connectivity index is 1.69. The molecule has 0 bridgehead atoms. The number of nitrogens with zero attached hydrogens (tertiary/aromatic N) is 3. The Labute approximate surface area is 165 Å². The van der Waals surface area contributed by atoms with Crippen molar-refractivity contribution in [2.45, 2.75) is 6.17 Å². The van der Waals surface area contributed by atoms with Crippen molar-refractivity contribution in [1.82, 2.24) is 9.88 Å². The molecule has 7 heteroatoms. The van der Waals surface area contributed by atoms with Crippen LogP contribution in [0.2, 0.25) is 0 Å². The average molecular weight is 390 g/mol. The highest BCUT2D eigenvalue weighted by molar-refractivity contribution is 7.16. The summed E-state index contributed by atoms with van der Waals surface area (Å²) in [4.78, 5) is 23.8. The lowest BCUT2D eigenvalue weighted by Gasteiger charge is -2.37. The molecule has 28 heavy (non-hydrogen) atoms. The molecule has 1 atom stereocenters. The first-order valence-electron chi connectivity index (χ1n) is 8.90. The molecule has 140 valence electrons.